The van der Waals surface area contributed by atoms with Crippen molar-refractivity contribution in [2.24, 2.45) is 5.92 Å². The molecule has 1 amide bonds. The van der Waals surface area contributed by atoms with Gasteiger partial charge in [0.15, 0.2) is 0 Å². The highest BCUT2D eigenvalue weighted by atomic mass is 19.1. The first-order chi connectivity index (χ1) is 18.4. The molecule has 7 heteroatoms. The van der Waals surface area contributed by atoms with E-state index in [1.54, 1.807) is 31.4 Å². The van der Waals surface area contributed by atoms with Crippen LogP contribution in [0.1, 0.15) is 81.3 Å². The third-order valence-corrected chi connectivity index (χ3v) is 8.97. The maximum Gasteiger partial charge on any atom is 0.307 e. The van der Waals surface area contributed by atoms with Gasteiger partial charge in [-0.3, -0.25) is 9.59 Å². The maximum atomic E-state index is 14.4. The van der Waals surface area contributed by atoms with Gasteiger partial charge in [-0.1, -0.05) is 24.6 Å². The van der Waals surface area contributed by atoms with Crippen LogP contribution in [0.2, 0.25) is 0 Å². The summed E-state index contributed by atoms with van der Waals surface area (Å²) in [5, 5.41) is 15.7. The molecule has 38 heavy (non-hydrogen) atoms. The van der Waals surface area contributed by atoms with Gasteiger partial charge in [-0.2, -0.15) is 0 Å². The molecule has 2 aromatic carbocycles. The van der Waals surface area contributed by atoms with Gasteiger partial charge in [0, 0.05) is 23.7 Å². The second kappa shape index (κ2) is 11.4. The van der Waals surface area contributed by atoms with Crippen LogP contribution >= 0.6 is 0 Å². The minimum atomic E-state index is -0.889. The highest BCUT2D eigenvalue weighted by Gasteiger charge is 2.45. The van der Waals surface area contributed by atoms with Crippen LogP contribution in [0, 0.1) is 11.7 Å². The summed E-state index contributed by atoms with van der Waals surface area (Å²) < 4.78 is 19.8. The van der Waals surface area contributed by atoms with Crippen molar-refractivity contribution in [2.45, 2.75) is 88.1 Å². The Balaban J connectivity index is 0.000000168. The molecule has 4 aliphatic rings. The predicted octanol–water partition coefficient (Wildman–Crippen LogP) is 5.58. The lowest BCUT2D eigenvalue weighted by atomic mass is 9.74. The quantitative estimate of drug-likeness (QED) is 0.442. The molecule has 4 fully saturated rings. The smallest absolute Gasteiger partial charge is 0.307 e. The lowest BCUT2D eigenvalue weighted by Gasteiger charge is -2.38. The molecule has 0 bridgehead atoms. The van der Waals surface area contributed by atoms with Gasteiger partial charge < -0.3 is 20.5 Å². The summed E-state index contributed by atoms with van der Waals surface area (Å²) >= 11 is 0. The highest BCUT2D eigenvalue weighted by molar-refractivity contribution is 5.80. The highest BCUT2D eigenvalue weighted by Crippen LogP contribution is 2.44. The van der Waals surface area contributed by atoms with E-state index < -0.39 is 5.97 Å². The largest absolute Gasteiger partial charge is 0.496 e. The average Bonchev–Trinajstić information content (AvgIpc) is 3.28. The molecule has 6 nitrogen and oxygen atoms in total. The molecule has 1 unspecified atom stereocenters. The number of rotatable bonds is 7. The van der Waals surface area contributed by atoms with Gasteiger partial charge in [-0.25, -0.2) is 4.39 Å². The first-order valence-corrected chi connectivity index (χ1v) is 14.1. The molecule has 0 aromatic heterocycles. The van der Waals surface area contributed by atoms with Crippen molar-refractivity contribution >= 4 is 11.9 Å². The number of carbonyl (C=O) groups is 2. The minimum absolute atomic E-state index is 0.0644. The molecule has 3 aliphatic carbocycles. The molecule has 0 radical (unpaired) electrons. The fourth-order valence-electron chi connectivity index (χ4n) is 6.13. The van der Waals surface area contributed by atoms with E-state index in [-0.39, 0.29) is 24.1 Å². The molecule has 2 aromatic rings. The Hall–Kier alpha value is -2.93. The van der Waals surface area contributed by atoms with Crippen molar-refractivity contribution in [3.63, 3.8) is 0 Å². The second-order valence-electron chi connectivity index (χ2n) is 11.5. The number of benzene rings is 2. The zero-order valence-electron chi connectivity index (χ0n) is 22.2. The average molecular weight is 523 g/mol. The number of hydrogen-bond donors (Lipinski definition) is 3. The van der Waals surface area contributed by atoms with Crippen molar-refractivity contribution < 1.29 is 23.8 Å². The van der Waals surface area contributed by atoms with Crippen molar-refractivity contribution in [2.75, 3.05) is 13.7 Å². The zero-order chi connectivity index (χ0) is 26.7. The maximum absolute atomic E-state index is 14.4. The van der Waals surface area contributed by atoms with Crippen LogP contribution in [0.15, 0.2) is 36.4 Å². The van der Waals surface area contributed by atoms with Crippen LogP contribution in [0.5, 0.6) is 5.75 Å². The minimum Gasteiger partial charge on any atom is -0.496 e. The van der Waals surface area contributed by atoms with E-state index in [0.717, 1.165) is 48.9 Å². The van der Waals surface area contributed by atoms with Gasteiger partial charge in [-0.15, -0.1) is 0 Å². The number of carbonyl (C=O) groups excluding carboxylic acids is 1. The molecular formula is C31H39FN2O4. The Kier molecular flexibility index (Phi) is 8.03. The normalized spacial score (nSPS) is 21.9. The third kappa shape index (κ3) is 5.73. The van der Waals surface area contributed by atoms with Crippen LogP contribution in [-0.2, 0) is 16.0 Å². The Bertz CT molecular complexity index is 1170. The van der Waals surface area contributed by atoms with Crippen LogP contribution < -0.4 is 15.4 Å². The molecule has 1 spiro atoms. The van der Waals surface area contributed by atoms with E-state index in [9.17, 15) is 14.0 Å². The molecule has 6 rings (SSSR count). The number of nitrogens with one attached hydrogen (secondary N) is 2. The Labute approximate surface area is 224 Å². The Morgan fingerprint density at radius 3 is 2.39 bits per heavy atom. The van der Waals surface area contributed by atoms with Gasteiger partial charge in [0.25, 0.3) is 0 Å². The van der Waals surface area contributed by atoms with Crippen LogP contribution in [0.4, 0.5) is 4.39 Å². The van der Waals surface area contributed by atoms with Gasteiger partial charge in [0.05, 0.1) is 19.4 Å². The van der Waals surface area contributed by atoms with Crippen molar-refractivity contribution in [3.05, 3.63) is 53.3 Å². The predicted molar refractivity (Wildman–Crippen MR) is 145 cm³/mol. The lowest BCUT2D eigenvalue weighted by Crippen LogP contribution is -2.46. The van der Waals surface area contributed by atoms with Crippen LogP contribution in [-0.4, -0.2) is 42.2 Å². The topological polar surface area (TPSA) is 87.7 Å². The number of ether oxygens (including phenoxy) is 1. The zero-order valence-corrected chi connectivity index (χ0v) is 22.2. The molecular weight excluding hydrogens is 483 g/mol. The standard InChI is InChI=1S/C19H19FO3.C12H20N2O/c1-23-17-9-8-12(11-18(21)22)10-15(17)14-6-3-7-16(20)19(14)13-4-2-5-13;15-11(14-10-3-1-4-10)9-7-12(13-8-9)5-2-6-12/h3,6-10,13H,2,4-5,11H2,1H3,(H,21,22);9-10,13H,1-8H2,(H,14,15). The number of amides is 1. The number of halogens is 1. The fraction of sp³-hybridized carbons (Fsp3) is 0.548. The summed E-state index contributed by atoms with van der Waals surface area (Å²) in [5.74, 6) is 0.323. The van der Waals surface area contributed by atoms with E-state index in [1.165, 1.54) is 44.6 Å². The van der Waals surface area contributed by atoms with Gasteiger partial charge in [-0.05, 0) is 98.6 Å². The summed E-state index contributed by atoms with van der Waals surface area (Å²) in [5.41, 5.74) is 3.33. The monoisotopic (exact) mass is 522 g/mol. The van der Waals surface area contributed by atoms with Crippen molar-refractivity contribution in [1.82, 2.24) is 10.6 Å². The molecule has 204 valence electrons. The summed E-state index contributed by atoms with van der Waals surface area (Å²) in [4.78, 5) is 22.9. The number of carboxylic acid groups (broad SMARTS) is 1. The number of hydrogen-bond acceptors (Lipinski definition) is 4. The Morgan fingerprint density at radius 1 is 1.08 bits per heavy atom. The van der Waals surface area contributed by atoms with Gasteiger partial charge >= 0.3 is 5.97 Å². The van der Waals surface area contributed by atoms with E-state index in [2.05, 4.69) is 10.6 Å². The third-order valence-electron chi connectivity index (χ3n) is 8.97. The van der Waals surface area contributed by atoms with Gasteiger partial charge in [0.2, 0.25) is 5.91 Å². The second-order valence-corrected chi connectivity index (χ2v) is 11.5. The first kappa shape index (κ1) is 26.7. The summed E-state index contributed by atoms with van der Waals surface area (Å²) in [7, 11) is 1.57. The molecule has 3 N–H and O–H groups in total. The molecule has 1 aliphatic heterocycles. The van der Waals surface area contributed by atoms with Gasteiger partial charge in [0.1, 0.15) is 11.6 Å². The van der Waals surface area contributed by atoms with E-state index in [1.807, 2.05) is 6.07 Å². The van der Waals surface area contributed by atoms with Crippen LogP contribution in [0.25, 0.3) is 11.1 Å². The van der Waals surface area contributed by atoms with Crippen LogP contribution in [0.3, 0.4) is 0 Å². The molecule has 1 saturated heterocycles. The number of aliphatic carboxylic acids is 1. The van der Waals surface area contributed by atoms with E-state index >= 15 is 0 Å². The summed E-state index contributed by atoms with van der Waals surface area (Å²) in [6, 6.07) is 10.8. The number of methoxy groups -OCH3 is 1. The van der Waals surface area contributed by atoms with E-state index in [0.29, 0.717) is 28.8 Å². The molecule has 3 saturated carbocycles. The molecule has 1 atom stereocenters. The molecule has 1 heterocycles. The SMILES string of the molecule is COc1ccc(CC(=O)O)cc1-c1cccc(F)c1C1CCC1.O=C(NC1CCC1)C1CNC2(CCC2)C1. The Morgan fingerprint density at radius 2 is 1.84 bits per heavy atom. The number of carboxylic acids is 1. The summed E-state index contributed by atoms with van der Waals surface area (Å²) in [6.45, 7) is 0.901. The fourth-order valence-corrected chi connectivity index (χ4v) is 6.13. The first-order valence-electron chi connectivity index (χ1n) is 14.1. The summed E-state index contributed by atoms with van der Waals surface area (Å²) in [6.07, 6.45) is 11.7. The van der Waals surface area contributed by atoms with E-state index in [4.69, 9.17) is 9.84 Å². The van der Waals surface area contributed by atoms with Crippen molar-refractivity contribution in [3.8, 4) is 16.9 Å². The van der Waals surface area contributed by atoms with Crippen molar-refractivity contribution in [1.29, 1.82) is 0 Å². The lowest BCUT2D eigenvalue weighted by molar-refractivity contribution is -0.136.